The molecule has 0 N–H and O–H groups in total. The van der Waals surface area contributed by atoms with Crippen molar-refractivity contribution in [2.75, 3.05) is 0 Å². The first-order valence-corrected chi connectivity index (χ1v) is 15.5. The van der Waals surface area contributed by atoms with Crippen LogP contribution in [0.1, 0.15) is 0 Å². The van der Waals surface area contributed by atoms with E-state index in [0.29, 0.717) is 0 Å². The number of rotatable bonds is 4. The molecule has 9 aromatic rings. The van der Waals surface area contributed by atoms with Gasteiger partial charge in [-0.1, -0.05) is 133 Å². The number of benzene rings is 6. The van der Waals surface area contributed by atoms with Gasteiger partial charge >= 0.3 is 0 Å². The quantitative estimate of drug-likeness (QED) is 0.208. The molecule has 0 radical (unpaired) electrons. The maximum atomic E-state index is 6.33. The molecule has 206 valence electrons. The highest BCUT2D eigenvalue weighted by molar-refractivity contribution is 7.26. The molecule has 0 aliphatic carbocycles. The largest absolute Gasteiger partial charge is 0.455 e. The van der Waals surface area contributed by atoms with Gasteiger partial charge in [-0.05, 0) is 28.8 Å². The third kappa shape index (κ3) is 4.03. The zero-order valence-electron chi connectivity index (χ0n) is 23.6. The molecule has 0 aliphatic rings. The zero-order valence-corrected chi connectivity index (χ0v) is 24.4. The molecule has 0 aliphatic heterocycles. The Morgan fingerprint density at radius 1 is 0.455 bits per heavy atom. The van der Waals surface area contributed by atoms with Gasteiger partial charge in [0.2, 0.25) is 0 Å². The minimum absolute atomic E-state index is 0.729. The van der Waals surface area contributed by atoms with Crippen LogP contribution in [0.3, 0.4) is 0 Å². The van der Waals surface area contributed by atoms with Crippen LogP contribution in [0.2, 0.25) is 0 Å². The van der Waals surface area contributed by atoms with Crippen LogP contribution in [0.15, 0.2) is 150 Å². The molecule has 0 unspecified atom stereocenters. The van der Waals surface area contributed by atoms with Crippen LogP contribution < -0.4 is 0 Å². The van der Waals surface area contributed by atoms with E-state index in [1.165, 1.54) is 15.8 Å². The van der Waals surface area contributed by atoms with Crippen LogP contribution in [0.25, 0.3) is 87.1 Å². The molecule has 9 rings (SSSR count). The minimum atomic E-state index is 0.729. The average molecular weight is 581 g/mol. The Kier molecular flexibility index (Phi) is 5.68. The summed E-state index contributed by atoms with van der Waals surface area (Å²) in [6.07, 6.45) is 0. The Morgan fingerprint density at radius 3 is 1.93 bits per heavy atom. The van der Waals surface area contributed by atoms with Crippen LogP contribution in [0.4, 0.5) is 0 Å². The van der Waals surface area contributed by atoms with Gasteiger partial charge in [-0.2, -0.15) is 0 Å². The molecule has 0 spiro atoms. The number of thiophene rings is 1. The number of nitrogens with zero attached hydrogens (tertiary/aromatic N) is 2. The summed E-state index contributed by atoms with van der Waals surface area (Å²) in [5.74, 6) is 0.729. The predicted octanol–water partition coefficient (Wildman–Crippen LogP) is 11.4. The molecule has 3 aromatic heterocycles. The Balaban J connectivity index is 1.18. The van der Waals surface area contributed by atoms with Gasteiger partial charge in [0.15, 0.2) is 5.82 Å². The monoisotopic (exact) mass is 580 g/mol. The second-order valence-corrected chi connectivity index (χ2v) is 12.0. The molecule has 0 fully saturated rings. The van der Waals surface area contributed by atoms with Crippen molar-refractivity contribution in [1.82, 2.24) is 9.97 Å². The molecular formula is C40H24N2OS. The lowest BCUT2D eigenvalue weighted by molar-refractivity contribution is 0.670. The van der Waals surface area contributed by atoms with Crippen molar-refractivity contribution in [3.8, 4) is 44.9 Å². The summed E-state index contributed by atoms with van der Waals surface area (Å²) in [5, 5.41) is 3.43. The first-order chi connectivity index (χ1) is 21.8. The zero-order chi connectivity index (χ0) is 29.0. The van der Waals surface area contributed by atoms with E-state index in [-0.39, 0.29) is 0 Å². The lowest BCUT2D eigenvalue weighted by Gasteiger charge is -2.09. The fourth-order valence-corrected chi connectivity index (χ4v) is 7.29. The van der Waals surface area contributed by atoms with E-state index in [1.54, 1.807) is 11.3 Å². The third-order valence-electron chi connectivity index (χ3n) is 8.34. The SMILES string of the molecule is c1ccc(-c2ccc(-c3nc(-c4ccc(-c5cccc6c5oc5ccccc56)cc4)c4sc5ccccc5c4n3)cc2)cc1. The summed E-state index contributed by atoms with van der Waals surface area (Å²) in [5.41, 5.74) is 10.4. The van der Waals surface area contributed by atoms with E-state index in [0.717, 1.165) is 71.3 Å². The highest BCUT2D eigenvalue weighted by atomic mass is 32.1. The molecule has 0 saturated carbocycles. The van der Waals surface area contributed by atoms with Crippen molar-refractivity contribution in [3.05, 3.63) is 146 Å². The first kappa shape index (κ1) is 25.0. The molecule has 6 aromatic carbocycles. The van der Waals surface area contributed by atoms with Crippen molar-refractivity contribution in [2.45, 2.75) is 0 Å². The number of hydrogen-bond acceptors (Lipinski definition) is 4. The number of aromatic nitrogens is 2. The standard InChI is InChI=1S/C40H24N2OS/c1-2-9-25(10-3-1)26-17-23-29(24-18-26)40-41-36(39-37(42-40)33-12-5-7-16-35(33)44-39)28-21-19-27(20-22-28)30-13-8-14-32-31-11-4-6-15-34(31)43-38(30)32/h1-24H. The Morgan fingerprint density at radius 2 is 1.09 bits per heavy atom. The molecule has 0 atom stereocenters. The predicted molar refractivity (Wildman–Crippen MR) is 184 cm³/mol. The van der Waals surface area contributed by atoms with Crippen molar-refractivity contribution in [3.63, 3.8) is 0 Å². The van der Waals surface area contributed by atoms with Gasteiger partial charge < -0.3 is 4.42 Å². The maximum absolute atomic E-state index is 6.33. The topological polar surface area (TPSA) is 38.9 Å². The van der Waals surface area contributed by atoms with Crippen LogP contribution in [0.5, 0.6) is 0 Å². The van der Waals surface area contributed by atoms with Gasteiger partial charge in [-0.3, -0.25) is 0 Å². The molecular weight excluding hydrogens is 557 g/mol. The Labute approximate surface area is 257 Å². The number of para-hydroxylation sites is 2. The van der Waals surface area contributed by atoms with Crippen LogP contribution >= 0.6 is 11.3 Å². The number of fused-ring (bicyclic) bond motifs is 6. The third-order valence-corrected chi connectivity index (χ3v) is 9.51. The fourth-order valence-electron chi connectivity index (χ4n) is 6.14. The second kappa shape index (κ2) is 10.0. The van der Waals surface area contributed by atoms with Crippen molar-refractivity contribution >= 4 is 53.6 Å². The smallest absolute Gasteiger partial charge is 0.160 e. The van der Waals surface area contributed by atoms with Crippen LogP contribution in [-0.4, -0.2) is 9.97 Å². The molecule has 0 amide bonds. The summed E-state index contributed by atoms with van der Waals surface area (Å²) < 4.78 is 8.64. The molecule has 3 nitrogen and oxygen atoms in total. The van der Waals surface area contributed by atoms with Gasteiger partial charge in [0.1, 0.15) is 11.2 Å². The molecule has 4 heteroatoms. The average Bonchev–Trinajstić information content (AvgIpc) is 3.67. The van der Waals surface area contributed by atoms with Crippen molar-refractivity contribution in [1.29, 1.82) is 0 Å². The minimum Gasteiger partial charge on any atom is -0.455 e. The molecule has 0 saturated heterocycles. The van der Waals surface area contributed by atoms with Crippen molar-refractivity contribution in [2.24, 2.45) is 0 Å². The summed E-state index contributed by atoms with van der Waals surface area (Å²) in [7, 11) is 0. The van der Waals surface area contributed by atoms with E-state index in [2.05, 4.69) is 127 Å². The van der Waals surface area contributed by atoms with E-state index in [9.17, 15) is 0 Å². The second-order valence-electron chi connectivity index (χ2n) is 11.0. The van der Waals surface area contributed by atoms with E-state index < -0.39 is 0 Å². The molecule has 44 heavy (non-hydrogen) atoms. The summed E-state index contributed by atoms with van der Waals surface area (Å²) in [6, 6.07) is 50.7. The Bertz CT molecular complexity index is 2470. The first-order valence-electron chi connectivity index (χ1n) is 14.7. The van der Waals surface area contributed by atoms with Gasteiger partial charge in [-0.15, -0.1) is 11.3 Å². The highest BCUT2D eigenvalue weighted by Gasteiger charge is 2.17. The maximum Gasteiger partial charge on any atom is 0.160 e. The van der Waals surface area contributed by atoms with Crippen LogP contribution in [-0.2, 0) is 0 Å². The fraction of sp³-hybridized carbons (Fsp3) is 0. The lowest BCUT2D eigenvalue weighted by Crippen LogP contribution is -1.94. The van der Waals surface area contributed by atoms with Gasteiger partial charge in [0, 0.05) is 37.5 Å². The highest BCUT2D eigenvalue weighted by Crippen LogP contribution is 2.41. The molecule has 0 bridgehead atoms. The van der Waals surface area contributed by atoms with E-state index in [1.807, 2.05) is 18.2 Å². The van der Waals surface area contributed by atoms with Gasteiger partial charge in [-0.25, -0.2) is 9.97 Å². The number of hydrogen-bond donors (Lipinski definition) is 0. The summed E-state index contributed by atoms with van der Waals surface area (Å²) in [4.78, 5) is 10.3. The van der Waals surface area contributed by atoms with E-state index >= 15 is 0 Å². The summed E-state index contributed by atoms with van der Waals surface area (Å²) in [6.45, 7) is 0. The van der Waals surface area contributed by atoms with Crippen molar-refractivity contribution < 1.29 is 4.42 Å². The van der Waals surface area contributed by atoms with Gasteiger partial charge in [0.25, 0.3) is 0 Å². The van der Waals surface area contributed by atoms with Gasteiger partial charge in [0.05, 0.1) is 15.9 Å². The number of furan rings is 1. The molecule has 3 heterocycles. The van der Waals surface area contributed by atoms with E-state index in [4.69, 9.17) is 14.4 Å². The normalized spacial score (nSPS) is 11.6. The van der Waals surface area contributed by atoms with Crippen LogP contribution in [0, 0.1) is 0 Å². The summed E-state index contributed by atoms with van der Waals surface area (Å²) >= 11 is 1.75. The Hall–Kier alpha value is -5.58. The lowest BCUT2D eigenvalue weighted by atomic mass is 10.00.